The van der Waals surface area contributed by atoms with Gasteiger partial charge in [0.15, 0.2) is 0 Å². The highest BCUT2D eigenvalue weighted by atomic mass is 32.2. The summed E-state index contributed by atoms with van der Waals surface area (Å²) in [5.74, 6) is 1.02. The van der Waals surface area contributed by atoms with Crippen LogP contribution in [-0.2, 0) is 23.8 Å². The van der Waals surface area contributed by atoms with E-state index in [9.17, 15) is 9.59 Å². The molecule has 0 heterocycles. The molecule has 0 fully saturated rings. The van der Waals surface area contributed by atoms with Gasteiger partial charge in [-0.2, -0.15) is 0 Å². The minimum atomic E-state index is -0.0646. The topological polar surface area (TPSA) is 65.1 Å². The number of methoxy groups -OCH3 is 1. The highest BCUT2D eigenvalue weighted by Gasteiger charge is 2.16. The molecule has 0 amide bonds. The minimum absolute atomic E-state index is 0.0228. The number of unbranched alkanes of at least 4 members (excludes halogenated alkanes) is 22. The van der Waals surface area contributed by atoms with Crippen molar-refractivity contribution in [3.63, 3.8) is 0 Å². The number of ether oxygens (including phenoxy) is 3. The largest absolute Gasteiger partial charge is 0.465 e. The average Bonchev–Trinajstić information content (AvgIpc) is 3.14. The summed E-state index contributed by atoms with van der Waals surface area (Å²) in [5.41, 5.74) is 0. The Hall–Kier alpha value is -0.790. The molecule has 0 radical (unpaired) electrons. The molecule has 0 saturated carbocycles. The molecule has 0 saturated heterocycles. The lowest BCUT2D eigenvalue weighted by Gasteiger charge is -2.22. The lowest BCUT2D eigenvalue weighted by Crippen LogP contribution is -2.29. The van der Waals surface area contributed by atoms with Crippen LogP contribution < -0.4 is 0 Å². The van der Waals surface area contributed by atoms with E-state index in [1.807, 2.05) is 6.92 Å². The molecule has 0 aliphatic heterocycles. The van der Waals surface area contributed by atoms with E-state index >= 15 is 0 Å². The summed E-state index contributed by atoms with van der Waals surface area (Å²) in [5, 5.41) is -0.0646. The van der Waals surface area contributed by atoms with Crippen LogP contribution in [0.1, 0.15) is 220 Å². The summed E-state index contributed by atoms with van der Waals surface area (Å²) in [6.45, 7) is 13.2. The molecule has 0 N–H and O–H groups in total. The van der Waals surface area contributed by atoms with Gasteiger partial charge < -0.3 is 19.1 Å². The van der Waals surface area contributed by atoms with Gasteiger partial charge in [0.05, 0.1) is 18.5 Å². The molecule has 1 unspecified atom stereocenters. The molecule has 0 rings (SSSR count). The van der Waals surface area contributed by atoms with Crippen molar-refractivity contribution in [3.05, 3.63) is 0 Å². The van der Waals surface area contributed by atoms with Crippen LogP contribution in [-0.4, -0.2) is 73.9 Å². The van der Waals surface area contributed by atoms with E-state index in [2.05, 4.69) is 25.7 Å². The first kappa shape index (κ1) is 51.2. The molecule has 7 heteroatoms. The van der Waals surface area contributed by atoms with Crippen molar-refractivity contribution in [1.82, 2.24) is 4.90 Å². The number of thioether (sulfide) groups is 1. The van der Waals surface area contributed by atoms with Crippen molar-refractivity contribution in [3.8, 4) is 0 Å². The van der Waals surface area contributed by atoms with Crippen molar-refractivity contribution >= 4 is 23.7 Å². The molecule has 0 bridgehead atoms. The molecule has 0 aliphatic rings. The van der Waals surface area contributed by atoms with Gasteiger partial charge in [0.1, 0.15) is 6.10 Å². The van der Waals surface area contributed by atoms with Gasteiger partial charge in [0.25, 0.3) is 0 Å². The van der Waals surface area contributed by atoms with Crippen LogP contribution in [0.15, 0.2) is 0 Å². The fourth-order valence-electron chi connectivity index (χ4n) is 6.79. The normalized spacial score (nSPS) is 12.2. The van der Waals surface area contributed by atoms with Crippen LogP contribution in [0.25, 0.3) is 0 Å². The van der Waals surface area contributed by atoms with Gasteiger partial charge in [-0.3, -0.25) is 9.59 Å². The van der Waals surface area contributed by atoms with Gasteiger partial charge in [-0.05, 0) is 90.0 Å². The Bertz CT molecular complexity index is 737. The third kappa shape index (κ3) is 36.2. The number of hydrogen-bond acceptors (Lipinski definition) is 7. The summed E-state index contributed by atoms with van der Waals surface area (Å²) in [7, 11) is 1.77. The Morgan fingerprint density at radius 2 is 1.00 bits per heavy atom. The second-order valence-electron chi connectivity index (χ2n) is 15.4. The highest BCUT2D eigenvalue weighted by molar-refractivity contribution is 8.00. The first-order valence-electron chi connectivity index (χ1n) is 22.7. The third-order valence-electron chi connectivity index (χ3n) is 10.3. The first-order valence-corrected chi connectivity index (χ1v) is 23.7. The standard InChI is InChI=1S/C45H89NO5S/c1-6-9-12-15-18-24-32-41-52-42(4)45(48)50-39-31-25-30-37-46(38-40-49-5)36-29-23-19-22-28-35-44(47)51-43(33-26-20-16-13-10-7-2)34-27-21-17-14-11-8-3/h42-43H,6-41H2,1-5H3. The summed E-state index contributed by atoms with van der Waals surface area (Å²) < 4.78 is 17.0. The zero-order valence-corrected chi connectivity index (χ0v) is 36.3. The van der Waals surface area contributed by atoms with Crippen molar-refractivity contribution < 1.29 is 23.8 Å². The summed E-state index contributed by atoms with van der Waals surface area (Å²) in [6, 6.07) is 0. The molecule has 0 aromatic rings. The molecule has 0 aromatic heterocycles. The third-order valence-corrected chi connectivity index (χ3v) is 11.6. The van der Waals surface area contributed by atoms with Crippen LogP contribution in [0.5, 0.6) is 0 Å². The Morgan fingerprint density at radius 3 is 1.54 bits per heavy atom. The maximum atomic E-state index is 12.7. The zero-order chi connectivity index (χ0) is 38.2. The number of hydrogen-bond donors (Lipinski definition) is 0. The zero-order valence-electron chi connectivity index (χ0n) is 35.5. The summed E-state index contributed by atoms with van der Waals surface area (Å²) in [4.78, 5) is 27.6. The molecule has 310 valence electrons. The van der Waals surface area contributed by atoms with Gasteiger partial charge in [0, 0.05) is 20.1 Å². The highest BCUT2D eigenvalue weighted by Crippen LogP contribution is 2.19. The molecule has 0 aromatic carbocycles. The smallest absolute Gasteiger partial charge is 0.318 e. The Labute approximate surface area is 328 Å². The van der Waals surface area contributed by atoms with E-state index in [0.717, 1.165) is 76.9 Å². The molecular weight excluding hydrogens is 667 g/mol. The Morgan fingerprint density at radius 1 is 0.538 bits per heavy atom. The van der Waals surface area contributed by atoms with E-state index in [1.54, 1.807) is 18.9 Å². The number of rotatable bonds is 42. The quantitative estimate of drug-likeness (QED) is 0.0454. The summed E-state index contributed by atoms with van der Waals surface area (Å²) in [6.07, 6.45) is 36.1. The van der Waals surface area contributed by atoms with Crippen LogP contribution in [0, 0.1) is 0 Å². The van der Waals surface area contributed by atoms with Crippen LogP contribution in [0.3, 0.4) is 0 Å². The lowest BCUT2D eigenvalue weighted by molar-refractivity contribution is -0.150. The molecule has 0 spiro atoms. The number of esters is 2. The minimum Gasteiger partial charge on any atom is -0.465 e. The van der Waals surface area contributed by atoms with E-state index < -0.39 is 0 Å². The SMILES string of the molecule is CCCCCCCCCSC(C)C(=O)OCCCCCN(CCCCCCCC(=O)OC(CCCCCCCC)CCCCCCCC)CCOC. The van der Waals surface area contributed by atoms with Gasteiger partial charge in [-0.25, -0.2) is 0 Å². The molecule has 52 heavy (non-hydrogen) atoms. The second-order valence-corrected chi connectivity index (χ2v) is 16.9. The summed E-state index contributed by atoms with van der Waals surface area (Å²) >= 11 is 1.74. The number of carbonyl (C=O) groups excluding carboxylic acids is 2. The molecule has 6 nitrogen and oxygen atoms in total. The van der Waals surface area contributed by atoms with Crippen molar-refractivity contribution in [2.45, 2.75) is 232 Å². The molecule has 0 aliphatic carbocycles. The van der Waals surface area contributed by atoms with Crippen molar-refractivity contribution in [1.29, 1.82) is 0 Å². The Balaban J connectivity index is 4.10. The van der Waals surface area contributed by atoms with Gasteiger partial charge in [-0.1, -0.05) is 143 Å². The van der Waals surface area contributed by atoms with Crippen molar-refractivity contribution in [2.75, 3.05) is 45.7 Å². The van der Waals surface area contributed by atoms with Gasteiger partial charge >= 0.3 is 11.9 Å². The predicted molar refractivity (Wildman–Crippen MR) is 227 cm³/mol. The van der Waals surface area contributed by atoms with Crippen molar-refractivity contribution in [2.24, 2.45) is 0 Å². The van der Waals surface area contributed by atoms with E-state index in [4.69, 9.17) is 14.2 Å². The van der Waals surface area contributed by atoms with E-state index in [1.165, 1.54) is 141 Å². The Kier molecular flexibility index (Phi) is 40.7. The maximum absolute atomic E-state index is 12.7. The lowest BCUT2D eigenvalue weighted by atomic mass is 10.0. The number of carbonyl (C=O) groups is 2. The van der Waals surface area contributed by atoms with E-state index in [0.29, 0.717) is 13.0 Å². The number of nitrogens with zero attached hydrogens (tertiary/aromatic N) is 1. The first-order chi connectivity index (χ1) is 25.5. The monoisotopic (exact) mass is 756 g/mol. The predicted octanol–water partition coefficient (Wildman–Crippen LogP) is 13.3. The van der Waals surface area contributed by atoms with Crippen LogP contribution >= 0.6 is 11.8 Å². The van der Waals surface area contributed by atoms with Crippen LogP contribution in [0.2, 0.25) is 0 Å². The maximum Gasteiger partial charge on any atom is 0.318 e. The fourth-order valence-corrected chi connectivity index (χ4v) is 7.72. The average molecular weight is 756 g/mol. The fraction of sp³-hybridized carbons (Fsp3) is 0.956. The molecular formula is C45H89NO5S. The van der Waals surface area contributed by atoms with E-state index in [-0.39, 0.29) is 23.3 Å². The molecule has 1 atom stereocenters. The van der Waals surface area contributed by atoms with Gasteiger partial charge in [0.2, 0.25) is 0 Å². The second kappa shape index (κ2) is 41.4. The van der Waals surface area contributed by atoms with Crippen LogP contribution in [0.4, 0.5) is 0 Å². The van der Waals surface area contributed by atoms with Gasteiger partial charge in [-0.15, -0.1) is 11.8 Å².